The second kappa shape index (κ2) is 5.82. The van der Waals surface area contributed by atoms with Gasteiger partial charge in [-0.3, -0.25) is 10.1 Å². The van der Waals surface area contributed by atoms with Gasteiger partial charge < -0.3 is 9.84 Å². The number of aliphatic hydroxyl groups excluding tert-OH is 1. The van der Waals surface area contributed by atoms with Crippen LogP contribution >= 0.6 is 0 Å². The molecule has 0 aliphatic heterocycles. The molecule has 1 N–H and O–H groups in total. The van der Waals surface area contributed by atoms with Crippen molar-refractivity contribution in [2.75, 3.05) is 7.11 Å². The van der Waals surface area contributed by atoms with Crippen LogP contribution < -0.4 is 4.74 Å². The number of ether oxygens (including phenoxy) is 1. The molecule has 0 saturated heterocycles. The monoisotopic (exact) mass is 253 g/mol. The Hall–Kier alpha value is -1.62. The molecule has 1 aromatic carbocycles. The topological polar surface area (TPSA) is 72.6 Å². The Labute approximate surface area is 107 Å². The first-order valence-electron chi connectivity index (χ1n) is 5.88. The summed E-state index contributed by atoms with van der Waals surface area (Å²) < 4.78 is 5.03. The molecule has 5 nitrogen and oxygen atoms in total. The summed E-state index contributed by atoms with van der Waals surface area (Å²) in [5, 5.41) is 20.6. The molecule has 0 aliphatic carbocycles. The molecule has 0 heterocycles. The predicted octanol–water partition coefficient (Wildman–Crippen LogP) is 2.72. The average molecular weight is 253 g/mol. The van der Waals surface area contributed by atoms with E-state index in [2.05, 4.69) is 0 Å². The molecule has 2 unspecified atom stereocenters. The molecule has 0 aromatic heterocycles. The van der Waals surface area contributed by atoms with E-state index in [4.69, 9.17) is 4.74 Å². The van der Waals surface area contributed by atoms with Crippen LogP contribution in [0.25, 0.3) is 0 Å². The van der Waals surface area contributed by atoms with Crippen LogP contribution in [-0.2, 0) is 0 Å². The number of methoxy groups -OCH3 is 1. The van der Waals surface area contributed by atoms with Gasteiger partial charge in [-0.15, -0.1) is 0 Å². The fourth-order valence-corrected chi connectivity index (χ4v) is 2.27. The fourth-order valence-electron chi connectivity index (χ4n) is 2.27. The van der Waals surface area contributed by atoms with Crippen LogP contribution in [0.2, 0.25) is 0 Å². The van der Waals surface area contributed by atoms with E-state index in [0.29, 0.717) is 0 Å². The normalized spacial score (nSPS) is 14.3. The van der Waals surface area contributed by atoms with E-state index in [1.54, 1.807) is 19.1 Å². The van der Waals surface area contributed by atoms with Crippen molar-refractivity contribution in [2.24, 2.45) is 5.92 Å². The molecule has 0 saturated carbocycles. The van der Waals surface area contributed by atoms with Crippen LogP contribution in [0, 0.1) is 16.0 Å². The Morgan fingerprint density at radius 1 is 1.33 bits per heavy atom. The third-order valence-corrected chi connectivity index (χ3v) is 3.02. The van der Waals surface area contributed by atoms with Gasteiger partial charge in [-0.1, -0.05) is 19.9 Å². The standard InChI is InChI=1S/C13H19NO4/c1-8(2)13(9(3)15)10-5-6-11(14(16)17)12(7-10)18-4/h5-9,13,15H,1-4H3. The minimum Gasteiger partial charge on any atom is -0.490 e. The van der Waals surface area contributed by atoms with E-state index < -0.39 is 11.0 Å². The van der Waals surface area contributed by atoms with Gasteiger partial charge >= 0.3 is 5.69 Å². The van der Waals surface area contributed by atoms with Gasteiger partial charge in [0.15, 0.2) is 5.75 Å². The van der Waals surface area contributed by atoms with Crippen LogP contribution in [0.5, 0.6) is 5.75 Å². The average Bonchev–Trinajstić information content (AvgIpc) is 2.27. The van der Waals surface area contributed by atoms with Crippen LogP contribution in [-0.4, -0.2) is 23.2 Å². The van der Waals surface area contributed by atoms with Gasteiger partial charge in [-0.25, -0.2) is 0 Å². The molecular weight excluding hydrogens is 234 g/mol. The molecule has 0 amide bonds. The van der Waals surface area contributed by atoms with Gasteiger partial charge in [-0.05, 0) is 24.5 Å². The molecule has 0 bridgehead atoms. The minimum absolute atomic E-state index is 0.0608. The summed E-state index contributed by atoms with van der Waals surface area (Å²) in [6, 6.07) is 4.74. The van der Waals surface area contributed by atoms with Crippen molar-refractivity contribution in [1.82, 2.24) is 0 Å². The quantitative estimate of drug-likeness (QED) is 0.646. The van der Waals surface area contributed by atoms with Crippen molar-refractivity contribution < 1.29 is 14.8 Å². The Kier molecular flexibility index (Phi) is 4.67. The van der Waals surface area contributed by atoms with Crippen molar-refractivity contribution >= 4 is 5.69 Å². The third kappa shape index (κ3) is 2.98. The smallest absolute Gasteiger partial charge is 0.310 e. The predicted molar refractivity (Wildman–Crippen MR) is 68.9 cm³/mol. The molecule has 18 heavy (non-hydrogen) atoms. The first-order chi connectivity index (χ1) is 8.38. The summed E-state index contributed by atoms with van der Waals surface area (Å²) in [5.41, 5.74) is 0.789. The van der Waals surface area contributed by atoms with E-state index >= 15 is 0 Å². The molecular formula is C13H19NO4. The van der Waals surface area contributed by atoms with Crippen molar-refractivity contribution in [3.05, 3.63) is 33.9 Å². The minimum atomic E-state index is -0.517. The Morgan fingerprint density at radius 2 is 1.94 bits per heavy atom. The van der Waals surface area contributed by atoms with Gasteiger partial charge in [0.05, 0.1) is 18.1 Å². The highest BCUT2D eigenvalue weighted by atomic mass is 16.6. The summed E-state index contributed by atoms with van der Waals surface area (Å²) in [4.78, 5) is 10.3. The number of aliphatic hydroxyl groups is 1. The van der Waals surface area contributed by atoms with Crippen LogP contribution in [0.4, 0.5) is 5.69 Å². The van der Waals surface area contributed by atoms with E-state index in [-0.39, 0.29) is 23.3 Å². The van der Waals surface area contributed by atoms with E-state index in [9.17, 15) is 15.2 Å². The number of nitro benzene ring substituents is 1. The number of benzene rings is 1. The second-order valence-corrected chi connectivity index (χ2v) is 4.70. The van der Waals surface area contributed by atoms with Gasteiger partial charge in [0, 0.05) is 12.0 Å². The molecule has 0 radical (unpaired) electrons. The molecule has 1 rings (SSSR count). The molecule has 100 valence electrons. The number of nitrogens with zero attached hydrogens (tertiary/aromatic N) is 1. The lowest BCUT2D eigenvalue weighted by molar-refractivity contribution is -0.385. The first-order valence-corrected chi connectivity index (χ1v) is 5.88. The summed E-state index contributed by atoms with van der Waals surface area (Å²) in [6.45, 7) is 5.73. The fraction of sp³-hybridized carbons (Fsp3) is 0.538. The Morgan fingerprint density at radius 3 is 2.33 bits per heavy atom. The summed E-state index contributed by atoms with van der Waals surface area (Å²) >= 11 is 0. The maximum absolute atomic E-state index is 10.8. The highest BCUT2D eigenvalue weighted by Gasteiger charge is 2.24. The van der Waals surface area contributed by atoms with Crippen molar-refractivity contribution in [3.8, 4) is 5.75 Å². The highest BCUT2D eigenvalue weighted by molar-refractivity contribution is 5.49. The van der Waals surface area contributed by atoms with E-state index in [1.165, 1.54) is 13.2 Å². The van der Waals surface area contributed by atoms with Crippen LogP contribution in [0.15, 0.2) is 18.2 Å². The number of hydrogen-bond donors (Lipinski definition) is 1. The zero-order valence-corrected chi connectivity index (χ0v) is 11.1. The first kappa shape index (κ1) is 14.4. The summed E-state index contributed by atoms with van der Waals surface area (Å²) in [6.07, 6.45) is -0.517. The van der Waals surface area contributed by atoms with E-state index in [1.807, 2.05) is 13.8 Å². The van der Waals surface area contributed by atoms with Gasteiger partial charge in [0.2, 0.25) is 0 Å². The maximum atomic E-state index is 10.8. The zero-order chi connectivity index (χ0) is 13.9. The lowest BCUT2D eigenvalue weighted by Crippen LogP contribution is -2.20. The molecule has 0 spiro atoms. The molecule has 0 aliphatic rings. The lowest BCUT2D eigenvalue weighted by atomic mass is 9.84. The second-order valence-electron chi connectivity index (χ2n) is 4.70. The SMILES string of the molecule is COc1cc(C(C(C)C)C(C)O)ccc1[N+](=O)[O-]. The Bertz CT molecular complexity index is 421. The van der Waals surface area contributed by atoms with Crippen LogP contribution in [0.3, 0.4) is 0 Å². The maximum Gasteiger partial charge on any atom is 0.310 e. The number of rotatable bonds is 5. The molecule has 2 atom stereocenters. The van der Waals surface area contributed by atoms with Gasteiger partial charge in [0.25, 0.3) is 0 Å². The molecule has 1 aromatic rings. The summed E-state index contributed by atoms with van der Waals surface area (Å²) in [7, 11) is 1.40. The van der Waals surface area contributed by atoms with Crippen molar-refractivity contribution in [3.63, 3.8) is 0 Å². The lowest BCUT2D eigenvalue weighted by Gasteiger charge is -2.24. The number of nitro groups is 1. The summed E-state index contributed by atoms with van der Waals surface area (Å²) in [5.74, 6) is 0.389. The van der Waals surface area contributed by atoms with Crippen LogP contribution in [0.1, 0.15) is 32.3 Å². The highest BCUT2D eigenvalue weighted by Crippen LogP contribution is 2.34. The van der Waals surface area contributed by atoms with Gasteiger partial charge in [0.1, 0.15) is 0 Å². The third-order valence-electron chi connectivity index (χ3n) is 3.02. The van der Waals surface area contributed by atoms with Gasteiger partial charge in [-0.2, -0.15) is 0 Å². The zero-order valence-electron chi connectivity index (χ0n) is 11.1. The van der Waals surface area contributed by atoms with Crippen molar-refractivity contribution in [2.45, 2.75) is 32.8 Å². The molecule has 5 heteroatoms. The largest absolute Gasteiger partial charge is 0.490 e. The van der Waals surface area contributed by atoms with E-state index in [0.717, 1.165) is 5.56 Å². The Balaban J connectivity index is 3.22. The molecule has 0 fully saturated rings. The number of hydrogen-bond acceptors (Lipinski definition) is 4. The van der Waals surface area contributed by atoms with Crippen molar-refractivity contribution in [1.29, 1.82) is 0 Å².